The molecule has 2 fully saturated rings. The largest absolute Gasteiger partial charge is 0.461 e. The van der Waals surface area contributed by atoms with Crippen LogP contribution in [0.4, 0.5) is 0 Å². The van der Waals surface area contributed by atoms with Crippen molar-refractivity contribution in [1.82, 2.24) is 5.06 Å². The lowest BCUT2D eigenvalue weighted by molar-refractivity contribution is -0.195. The zero-order valence-electron chi connectivity index (χ0n) is 14.7. The van der Waals surface area contributed by atoms with Crippen molar-refractivity contribution < 1.29 is 19.5 Å². The number of rotatable bonds is 5. The molecule has 0 amide bonds. The minimum atomic E-state index is -0.471. The SMILES string of the molecule is C[C@H]1OC(=O)[C@H]2[C@@H]1[C@@H](CO)ON2Cc1ccc(C#CCCCC#N)cc1. The number of fused-ring (bicyclic) bond motifs is 1. The Labute approximate surface area is 153 Å². The molecule has 0 radical (unpaired) electrons. The van der Waals surface area contributed by atoms with Crippen LogP contribution in [-0.4, -0.2) is 41.0 Å². The molecule has 1 aromatic carbocycles. The van der Waals surface area contributed by atoms with E-state index in [2.05, 4.69) is 17.9 Å². The first-order valence-corrected chi connectivity index (χ1v) is 8.83. The van der Waals surface area contributed by atoms with Crippen LogP contribution in [0.15, 0.2) is 24.3 Å². The Hall–Kier alpha value is -2.38. The van der Waals surface area contributed by atoms with Crippen molar-refractivity contribution in [2.75, 3.05) is 6.61 Å². The smallest absolute Gasteiger partial charge is 0.326 e. The van der Waals surface area contributed by atoms with Gasteiger partial charge in [0.1, 0.15) is 18.2 Å². The van der Waals surface area contributed by atoms with Crippen molar-refractivity contribution in [3.05, 3.63) is 35.4 Å². The number of aliphatic hydroxyl groups is 1. The van der Waals surface area contributed by atoms with Gasteiger partial charge < -0.3 is 9.84 Å². The highest BCUT2D eigenvalue weighted by Crippen LogP contribution is 2.38. The van der Waals surface area contributed by atoms with E-state index in [0.29, 0.717) is 19.4 Å². The molecule has 26 heavy (non-hydrogen) atoms. The summed E-state index contributed by atoms with van der Waals surface area (Å²) in [6.45, 7) is 2.14. The summed E-state index contributed by atoms with van der Waals surface area (Å²) in [5, 5.41) is 19.6. The highest BCUT2D eigenvalue weighted by Gasteiger charge is 2.55. The van der Waals surface area contributed by atoms with E-state index in [1.165, 1.54) is 0 Å². The summed E-state index contributed by atoms with van der Waals surface area (Å²) in [4.78, 5) is 17.9. The molecule has 0 aromatic heterocycles. The number of unbranched alkanes of at least 4 members (excludes halogenated alkanes) is 2. The van der Waals surface area contributed by atoms with E-state index >= 15 is 0 Å². The topological polar surface area (TPSA) is 82.8 Å². The molecule has 0 aliphatic carbocycles. The number of carbonyl (C=O) groups is 1. The van der Waals surface area contributed by atoms with Crippen LogP contribution in [0, 0.1) is 29.1 Å². The van der Waals surface area contributed by atoms with Gasteiger partial charge in [-0.15, -0.1) is 0 Å². The summed E-state index contributed by atoms with van der Waals surface area (Å²) in [5.41, 5.74) is 1.90. The van der Waals surface area contributed by atoms with Gasteiger partial charge in [0.2, 0.25) is 0 Å². The third-order valence-corrected chi connectivity index (χ3v) is 4.76. The minimum absolute atomic E-state index is 0.140. The van der Waals surface area contributed by atoms with Gasteiger partial charge in [-0.3, -0.25) is 9.63 Å². The molecule has 6 nitrogen and oxygen atoms in total. The average molecular weight is 354 g/mol. The number of esters is 1. The summed E-state index contributed by atoms with van der Waals surface area (Å²) < 4.78 is 5.31. The second-order valence-electron chi connectivity index (χ2n) is 6.58. The van der Waals surface area contributed by atoms with E-state index in [0.717, 1.165) is 17.5 Å². The third-order valence-electron chi connectivity index (χ3n) is 4.76. The highest BCUT2D eigenvalue weighted by molar-refractivity contribution is 5.79. The van der Waals surface area contributed by atoms with Gasteiger partial charge in [0.25, 0.3) is 0 Å². The fraction of sp³-hybridized carbons (Fsp3) is 0.500. The van der Waals surface area contributed by atoms with Gasteiger partial charge >= 0.3 is 5.97 Å². The Morgan fingerprint density at radius 3 is 2.73 bits per heavy atom. The van der Waals surface area contributed by atoms with Crippen molar-refractivity contribution in [2.24, 2.45) is 5.92 Å². The number of aliphatic hydroxyl groups excluding tert-OH is 1. The Kier molecular flexibility index (Phi) is 5.90. The molecular weight excluding hydrogens is 332 g/mol. The van der Waals surface area contributed by atoms with Crippen molar-refractivity contribution in [1.29, 1.82) is 5.26 Å². The highest BCUT2D eigenvalue weighted by atomic mass is 16.7. The van der Waals surface area contributed by atoms with Gasteiger partial charge in [-0.05, 0) is 31.0 Å². The minimum Gasteiger partial charge on any atom is -0.461 e. The molecule has 2 aliphatic heterocycles. The number of hydrogen-bond donors (Lipinski definition) is 1. The van der Waals surface area contributed by atoms with Gasteiger partial charge in [0.05, 0.1) is 25.1 Å². The molecule has 1 aromatic rings. The lowest BCUT2D eigenvalue weighted by Crippen LogP contribution is -2.35. The molecule has 4 atom stereocenters. The molecule has 6 heteroatoms. The van der Waals surface area contributed by atoms with E-state index in [4.69, 9.17) is 14.8 Å². The Balaban J connectivity index is 1.62. The lowest BCUT2D eigenvalue weighted by atomic mass is 9.93. The van der Waals surface area contributed by atoms with Gasteiger partial charge in [-0.25, -0.2) is 0 Å². The number of hydrogen-bond acceptors (Lipinski definition) is 6. The van der Waals surface area contributed by atoms with Gasteiger partial charge in [0.15, 0.2) is 0 Å². The van der Waals surface area contributed by atoms with Gasteiger partial charge in [-0.1, -0.05) is 24.0 Å². The number of hydroxylamine groups is 2. The average Bonchev–Trinajstić information content (AvgIpc) is 3.15. The predicted molar refractivity (Wildman–Crippen MR) is 93.1 cm³/mol. The van der Waals surface area contributed by atoms with Crippen LogP contribution in [-0.2, 0) is 20.9 Å². The van der Waals surface area contributed by atoms with Crippen LogP contribution in [0.2, 0.25) is 0 Å². The summed E-state index contributed by atoms with van der Waals surface area (Å²) in [7, 11) is 0. The van der Waals surface area contributed by atoms with Crippen LogP contribution in [0.25, 0.3) is 0 Å². The normalized spacial score (nSPS) is 27.3. The maximum absolute atomic E-state index is 12.1. The van der Waals surface area contributed by atoms with E-state index in [-0.39, 0.29) is 24.6 Å². The monoisotopic (exact) mass is 354 g/mol. The lowest BCUT2D eigenvalue weighted by Gasteiger charge is -2.20. The molecule has 0 unspecified atom stereocenters. The molecule has 2 heterocycles. The zero-order chi connectivity index (χ0) is 18.5. The first-order chi connectivity index (χ1) is 12.6. The molecule has 2 saturated heterocycles. The maximum atomic E-state index is 12.1. The fourth-order valence-corrected chi connectivity index (χ4v) is 3.45. The number of ether oxygens (including phenoxy) is 1. The molecule has 2 aliphatic rings. The summed E-state index contributed by atoms with van der Waals surface area (Å²) in [6, 6.07) is 9.40. The van der Waals surface area contributed by atoms with Crippen molar-refractivity contribution in [3.63, 3.8) is 0 Å². The zero-order valence-corrected chi connectivity index (χ0v) is 14.7. The van der Waals surface area contributed by atoms with Crippen molar-refractivity contribution in [2.45, 2.75) is 51.0 Å². The third kappa shape index (κ3) is 3.89. The first-order valence-electron chi connectivity index (χ1n) is 8.83. The second-order valence-corrected chi connectivity index (χ2v) is 6.58. The quantitative estimate of drug-likeness (QED) is 0.493. The molecule has 0 bridgehead atoms. The predicted octanol–water partition coefficient (Wildman–Crippen LogP) is 1.77. The van der Waals surface area contributed by atoms with Crippen LogP contribution >= 0.6 is 0 Å². The molecule has 1 N–H and O–H groups in total. The van der Waals surface area contributed by atoms with Crippen LogP contribution in [0.1, 0.15) is 37.3 Å². The second kappa shape index (κ2) is 8.33. The number of nitriles is 1. The molecular formula is C20H22N2O4. The molecule has 0 spiro atoms. The summed E-state index contributed by atoms with van der Waals surface area (Å²) >= 11 is 0. The van der Waals surface area contributed by atoms with E-state index in [1.807, 2.05) is 31.2 Å². The number of benzene rings is 1. The number of nitrogens with zero attached hydrogens (tertiary/aromatic N) is 2. The molecule has 3 rings (SSSR count). The number of carbonyl (C=O) groups excluding carboxylic acids is 1. The van der Waals surface area contributed by atoms with Crippen LogP contribution < -0.4 is 0 Å². The van der Waals surface area contributed by atoms with Crippen LogP contribution in [0.3, 0.4) is 0 Å². The number of cyclic esters (lactones) is 1. The Bertz CT molecular complexity index is 744. The van der Waals surface area contributed by atoms with Gasteiger partial charge in [-0.2, -0.15) is 10.3 Å². The molecule has 136 valence electrons. The van der Waals surface area contributed by atoms with Crippen LogP contribution in [0.5, 0.6) is 0 Å². The summed E-state index contributed by atoms with van der Waals surface area (Å²) in [6.07, 6.45) is 1.36. The van der Waals surface area contributed by atoms with E-state index in [9.17, 15) is 9.90 Å². The van der Waals surface area contributed by atoms with Crippen molar-refractivity contribution >= 4 is 5.97 Å². The fourth-order valence-electron chi connectivity index (χ4n) is 3.45. The summed E-state index contributed by atoms with van der Waals surface area (Å²) in [5.74, 6) is 5.70. The Morgan fingerprint density at radius 1 is 1.27 bits per heavy atom. The van der Waals surface area contributed by atoms with Gasteiger partial charge in [0, 0.05) is 18.4 Å². The standard InChI is InChI=1S/C20H22N2O4/c1-14-18-17(13-23)26-22(19(18)20(24)25-14)12-16-9-7-15(8-10-16)6-4-2-3-5-11-21/h7-10,14,17-19,23H,2-3,5,12-13H2,1H3/t14-,17-,18+,19-/m1/s1. The first kappa shape index (κ1) is 18.4. The molecule has 0 saturated carbocycles. The van der Waals surface area contributed by atoms with Crippen molar-refractivity contribution in [3.8, 4) is 17.9 Å². The Morgan fingerprint density at radius 2 is 2.04 bits per heavy atom. The van der Waals surface area contributed by atoms with E-state index < -0.39 is 12.1 Å². The maximum Gasteiger partial charge on any atom is 0.326 e. The van der Waals surface area contributed by atoms with E-state index in [1.54, 1.807) is 5.06 Å².